The fraction of sp³-hybridized carbons (Fsp3) is 0.267. The minimum atomic E-state index is -0.295. The Bertz CT molecular complexity index is 562. The van der Waals surface area contributed by atoms with Gasteiger partial charge in [0.2, 0.25) is 5.88 Å². The maximum atomic E-state index is 13.0. The molecule has 0 aliphatic heterocycles. The maximum Gasteiger partial charge on any atom is 0.219 e. The summed E-state index contributed by atoms with van der Waals surface area (Å²) in [5.41, 5.74) is 2.30. The zero-order valence-electron chi connectivity index (χ0n) is 11.0. The number of aromatic nitrogens is 1. The Morgan fingerprint density at radius 2 is 2.05 bits per heavy atom. The number of halogens is 1. The molecular weight excluding hydrogens is 245 g/mol. The van der Waals surface area contributed by atoms with Gasteiger partial charge in [0, 0.05) is 11.8 Å². The minimum Gasteiger partial charge on any atom is -0.439 e. The molecule has 0 saturated heterocycles. The van der Waals surface area contributed by atoms with Crippen LogP contribution in [0, 0.1) is 12.7 Å². The molecule has 1 heterocycles. The first-order valence-corrected chi connectivity index (χ1v) is 6.17. The first-order valence-electron chi connectivity index (χ1n) is 6.17. The molecule has 3 nitrogen and oxygen atoms in total. The van der Waals surface area contributed by atoms with Gasteiger partial charge in [-0.25, -0.2) is 9.37 Å². The Hall–Kier alpha value is -1.94. The van der Waals surface area contributed by atoms with Gasteiger partial charge in [-0.1, -0.05) is 6.92 Å². The fourth-order valence-corrected chi connectivity index (χ4v) is 1.79. The van der Waals surface area contributed by atoms with Crippen LogP contribution in [-0.4, -0.2) is 10.1 Å². The molecular formula is C15H16FNO2. The van der Waals surface area contributed by atoms with Crippen molar-refractivity contribution in [1.29, 1.82) is 0 Å². The number of pyridine rings is 1. The van der Waals surface area contributed by atoms with Gasteiger partial charge in [0.15, 0.2) is 0 Å². The summed E-state index contributed by atoms with van der Waals surface area (Å²) in [6, 6.07) is 7.85. The number of hydrogen-bond acceptors (Lipinski definition) is 3. The zero-order valence-corrected chi connectivity index (χ0v) is 11.0. The summed E-state index contributed by atoms with van der Waals surface area (Å²) < 4.78 is 18.7. The topological polar surface area (TPSA) is 42.4 Å². The van der Waals surface area contributed by atoms with Crippen LogP contribution in [0.25, 0.3) is 0 Å². The van der Waals surface area contributed by atoms with Crippen molar-refractivity contribution in [2.75, 3.05) is 0 Å². The van der Waals surface area contributed by atoms with Gasteiger partial charge >= 0.3 is 0 Å². The van der Waals surface area contributed by atoms with E-state index in [1.165, 1.54) is 12.1 Å². The lowest BCUT2D eigenvalue weighted by atomic mass is 10.2. The van der Waals surface area contributed by atoms with Crippen LogP contribution in [0.4, 0.5) is 4.39 Å². The van der Waals surface area contributed by atoms with Crippen LogP contribution in [-0.2, 0) is 13.0 Å². The van der Waals surface area contributed by atoms with E-state index in [-0.39, 0.29) is 12.4 Å². The lowest BCUT2D eigenvalue weighted by molar-refractivity contribution is 0.281. The smallest absolute Gasteiger partial charge is 0.219 e. The quantitative estimate of drug-likeness (QED) is 0.917. The van der Waals surface area contributed by atoms with Crippen LogP contribution >= 0.6 is 0 Å². The molecule has 19 heavy (non-hydrogen) atoms. The van der Waals surface area contributed by atoms with Crippen LogP contribution in [0.2, 0.25) is 0 Å². The molecule has 0 bridgehead atoms. The van der Waals surface area contributed by atoms with E-state index in [9.17, 15) is 9.50 Å². The second kappa shape index (κ2) is 5.80. The molecule has 0 amide bonds. The fourth-order valence-electron chi connectivity index (χ4n) is 1.79. The molecule has 1 N–H and O–H groups in total. The van der Waals surface area contributed by atoms with Gasteiger partial charge in [-0.3, -0.25) is 0 Å². The third-order valence-electron chi connectivity index (χ3n) is 2.81. The van der Waals surface area contributed by atoms with E-state index in [1.54, 1.807) is 19.1 Å². The molecule has 0 fully saturated rings. The SMILES string of the molecule is CCc1cc(CO)cc(Oc2ccc(F)cc2C)n1. The summed E-state index contributed by atoms with van der Waals surface area (Å²) in [7, 11) is 0. The molecule has 0 aliphatic rings. The summed E-state index contributed by atoms with van der Waals surface area (Å²) in [6.45, 7) is 3.69. The number of aliphatic hydroxyl groups excluding tert-OH is 1. The van der Waals surface area contributed by atoms with E-state index in [1.807, 2.05) is 13.0 Å². The van der Waals surface area contributed by atoms with Gasteiger partial charge < -0.3 is 9.84 Å². The second-order valence-corrected chi connectivity index (χ2v) is 4.33. The Kier molecular flexibility index (Phi) is 4.12. The molecule has 0 saturated carbocycles. The summed E-state index contributed by atoms with van der Waals surface area (Å²) in [6.07, 6.45) is 0.757. The number of aliphatic hydroxyl groups is 1. The van der Waals surface area contributed by atoms with Crippen LogP contribution < -0.4 is 4.74 Å². The number of hydrogen-bond donors (Lipinski definition) is 1. The summed E-state index contributed by atoms with van der Waals surface area (Å²) in [5.74, 6) is 0.681. The highest BCUT2D eigenvalue weighted by atomic mass is 19.1. The van der Waals surface area contributed by atoms with E-state index in [0.717, 1.165) is 17.7 Å². The number of aryl methyl sites for hydroxylation is 2. The Morgan fingerprint density at radius 1 is 1.26 bits per heavy atom. The molecule has 0 radical (unpaired) electrons. The van der Waals surface area contributed by atoms with Crippen LogP contribution in [0.15, 0.2) is 30.3 Å². The average Bonchev–Trinajstić information content (AvgIpc) is 2.41. The van der Waals surface area contributed by atoms with Gasteiger partial charge in [0.25, 0.3) is 0 Å². The first kappa shape index (κ1) is 13.5. The number of nitrogens with zero attached hydrogens (tertiary/aromatic N) is 1. The lowest BCUT2D eigenvalue weighted by Gasteiger charge is -2.10. The molecule has 0 unspecified atom stereocenters. The van der Waals surface area contributed by atoms with E-state index >= 15 is 0 Å². The van der Waals surface area contributed by atoms with Gasteiger partial charge in [0.05, 0.1) is 6.61 Å². The van der Waals surface area contributed by atoms with Gasteiger partial charge in [-0.05, 0) is 48.7 Å². The molecule has 0 atom stereocenters. The molecule has 4 heteroatoms. The highest BCUT2D eigenvalue weighted by Crippen LogP contribution is 2.25. The monoisotopic (exact) mass is 261 g/mol. The highest BCUT2D eigenvalue weighted by Gasteiger charge is 2.06. The molecule has 1 aromatic carbocycles. The summed E-state index contributed by atoms with van der Waals surface area (Å²) >= 11 is 0. The van der Waals surface area contributed by atoms with Crippen molar-refractivity contribution in [2.45, 2.75) is 26.9 Å². The number of rotatable bonds is 4. The normalized spacial score (nSPS) is 10.5. The lowest BCUT2D eigenvalue weighted by Crippen LogP contribution is -1.97. The highest BCUT2D eigenvalue weighted by molar-refractivity contribution is 5.36. The second-order valence-electron chi connectivity index (χ2n) is 4.33. The van der Waals surface area contributed by atoms with E-state index < -0.39 is 0 Å². The Balaban J connectivity index is 2.31. The first-order chi connectivity index (χ1) is 9.12. The third-order valence-corrected chi connectivity index (χ3v) is 2.81. The van der Waals surface area contributed by atoms with Gasteiger partial charge in [-0.15, -0.1) is 0 Å². The summed E-state index contributed by atoms with van der Waals surface area (Å²) in [4.78, 5) is 4.33. The molecule has 0 aliphatic carbocycles. The number of benzene rings is 1. The van der Waals surface area contributed by atoms with Crippen molar-refractivity contribution in [3.8, 4) is 11.6 Å². The van der Waals surface area contributed by atoms with Crippen molar-refractivity contribution in [3.63, 3.8) is 0 Å². The van der Waals surface area contributed by atoms with Crippen LogP contribution in [0.5, 0.6) is 11.6 Å². The molecule has 1 aromatic heterocycles. The predicted molar refractivity (Wildman–Crippen MR) is 70.7 cm³/mol. The van der Waals surface area contributed by atoms with Crippen molar-refractivity contribution in [1.82, 2.24) is 4.98 Å². The predicted octanol–water partition coefficient (Wildman–Crippen LogP) is 3.38. The maximum absolute atomic E-state index is 13.0. The Morgan fingerprint density at radius 3 is 2.68 bits per heavy atom. The van der Waals surface area contributed by atoms with Crippen LogP contribution in [0.1, 0.15) is 23.7 Å². The number of ether oxygens (including phenoxy) is 1. The third kappa shape index (κ3) is 3.29. The van der Waals surface area contributed by atoms with Gasteiger partial charge in [-0.2, -0.15) is 0 Å². The molecule has 2 aromatic rings. The van der Waals surface area contributed by atoms with Crippen molar-refractivity contribution in [3.05, 3.63) is 53.0 Å². The van der Waals surface area contributed by atoms with Gasteiger partial charge in [0.1, 0.15) is 11.6 Å². The summed E-state index contributed by atoms with van der Waals surface area (Å²) in [5, 5.41) is 9.21. The molecule has 2 rings (SSSR count). The Labute approximate surface area is 111 Å². The molecule has 100 valence electrons. The van der Waals surface area contributed by atoms with Crippen LogP contribution in [0.3, 0.4) is 0 Å². The van der Waals surface area contributed by atoms with Crippen molar-refractivity contribution >= 4 is 0 Å². The minimum absolute atomic E-state index is 0.0612. The largest absolute Gasteiger partial charge is 0.439 e. The standard InChI is InChI=1S/C15H16FNO2/c1-3-13-7-11(9-18)8-15(17-13)19-14-5-4-12(16)6-10(14)2/h4-8,18H,3,9H2,1-2H3. The average molecular weight is 261 g/mol. The van der Waals surface area contributed by atoms with E-state index in [2.05, 4.69) is 4.98 Å². The zero-order chi connectivity index (χ0) is 13.8. The van der Waals surface area contributed by atoms with E-state index in [4.69, 9.17) is 4.74 Å². The van der Waals surface area contributed by atoms with E-state index in [0.29, 0.717) is 17.2 Å². The van der Waals surface area contributed by atoms with Crippen molar-refractivity contribution < 1.29 is 14.2 Å². The molecule has 0 spiro atoms. The van der Waals surface area contributed by atoms with Crippen molar-refractivity contribution in [2.24, 2.45) is 0 Å².